The van der Waals surface area contributed by atoms with Gasteiger partial charge in [0, 0.05) is 12.5 Å². The highest BCUT2D eigenvalue weighted by atomic mass is 16.6. The number of nitrogens with one attached hydrogen (secondary N) is 1. The number of ether oxygens (including phenoxy) is 3. The maximum atomic E-state index is 12.8. The Morgan fingerprint density at radius 1 is 1.09 bits per heavy atom. The van der Waals surface area contributed by atoms with Crippen molar-refractivity contribution in [1.82, 2.24) is 10.2 Å². The molecule has 0 bridgehead atoms. The molecule has 1 fully saturated rings. The Bertz CT molecular complexity index is 1000. The van der Waals surface area contributed by atoms with Crippen LogP contribution in [0.5, 0.6) is 0 Å². The number of fused-ring (bicyclic) bond motifs is 3. The van der Waals surface area contributed by atoms with Crippen LogP contribution in [0.25, 0.3) is 11.1 Å². The normalized spacial score (nSPS) is 15.3. The van der Waals surface area contributed by atoms with Crippen LogP contribution in [0.4, 0.5) is 4.79 Å². The summed E-state index contributed by atoms with van der Waals surface area (Å²) in [4.78, 5) is 39.0. The molecule has 1 aliphatic carbocycles. The average Bonchev–Trinajstić information content (AvgIpc) is 3.47. The third kappa shape index (κ3) is 5.06. The molecule has 1 aliphatic heterocycles. The zero-order valence-corrected chi connectivity index (χ0v) is 18.2. The van der Waals surface area contributed by atoms with Gasteiger partial charge in [0.2, 0.25) is 5.91 Å². The number of nitrogens with zero attached hydrogens (tertiary/aromatic N) is 1. The summed E-state index contributed by atoms with van der Waals surface area (Å²) in [6.07, 6.45) is 0.349. The van der Waals surface area contributed by atoms with Gasteiger partial charge in [0.05, 0.1) is 13.0 Å². The first-order valence-corrected chi connectivity index (χ1v) is 10.8. The van der Waals surface area contributed by atoms with Gasteiger partial charge >= 0.3 is 12.1 Å². The molecule has 0 unspecified atom stereocenters. The van der Waals surface area contributed by atoms with E-state index in [1.54, 1.807) is 0 Å². The average molecular weight is 450 g/mol. The fourth-order valence-corrected chi connectivity index (χ4v) is 4.17. The van der Waals surface area contributed by atoms with Crippen molar-refractivity contribution < 1.29 is 28.6 Å². The molecule has 1 saturated heterocycles. The summed E-state index contributed by atoms with van der Waals surface area (Å²) in [6.45, 7) is 4.54. The van der Waals surface area contributed by atoms with Crippen molar-refractivity contribution in [1.29, 1.82) is 0 Å². The van der Waals surface area contributed by atoms with E-state index in [9.17, 15) is 14.4 Å². The Balaban J connectivity index is 1.42. The number of hydrogen-bond acceptors (Lipinski definition) is 6. The van der Waals surface area contributed by atoms with Crippen molar-refractivity contribution in [2.75, 3.05) is 33.1 Å². The van der Waals surface area contributed by atoms with Gasteiger partial charge in [-0.3, -0.25) is 9.59 Å². The predicted molar refractivity (Wildman–Crippen MR) is 120 cm³/mol. The molecule has 8 heteroatoms. The highest BCUT2D eigenvalue weighted by Gasteiger charge is 2.32. The first kappa shape index (κ1) is 22.5. The molecule has 0 saturated carbocycles. The zero-order chi connectivity index (χ0) is 23.2. The molecule has 2 aromatic rings. The van der Waals surface area contributed by atoms with Crippen molar-refractivity contribution in [3.8, 4) is 11.1 Å². The largest absolute Gasteiger partial charge is 0.461 e. The van der Waals surface area contributed by atoms with Crippen molar-refractivity contribution >= 4 is 18.0 Å². The first-order valence-electron chi connectivity index (χ1n) is 10.8. The second-order valence-corrected chi connectivity index (χ2v) is 7.84. The number of alkyl carbamates (subject to hydrolysis) is 1. The lowest BCUT2D eigenvalue weighted by atomic mass is 9.98. The smallest absolute Gasteiger partial charge is 0.407 e. The second kappa shape index (κ2) is 10.3. The Morgan fingerprint density at radius 2 is 1.76 bits per heavy atom. The number of carbonyl (C=O) groups excluding carboxylic acids is 3. The number of amides is 2. The minimum atomic E-state index is -1.11. The standard InChI is InChI=1S/C25H26N2O6/c1-2-12-32-23(28)14-22(24(29)27-11-13-31-16-27)26-25(30)33-15-21-19-9-5-3-7-17(19)18-8-4-6-10-20(18)21/h2-10,21-22H,1,11-16H2,(H,26,30)/t22-/m0/s1. The summed E-state index contributed by atoms with van der Waals surface area (Å²) in [7, 11) is 0. The second-order valence-electron chi connectivity index (χ2n) is 7.84. The van der Waals surface area contributed by atoms with E-state index in [0.29, 0.717) is 13.2 Å². The van der Waals surface area contributed by atoms with E-state index in [0.717, 1.165) is 22.3 Å². The molecule has 172 valence electrons. The fraction of sp³-hybridized carbons (Fsp3) is 0.320. The van der Waals surface area contributed by atoms with E-state index < -0.39 is 24.0 Å². The molecule has 0 aromatic heterocycles. The van der Waals surface area contributed by atoms with Crippen LogP contribution in [0, 0.1) is 0 Å². The van der Waals surface area contributed by atoms with Crippen LogP contribution in [-0.2, 0) is 23.8 Å². The first-order chi connectivity index (χ1) is 16.1. The number of rotatable bonds is 8. The lowest BCUT2D eigenvalue weighted by Crippen LogP contribution is -2.49. The maximum absolute atomic E-state index is 12.8. The predicted octanol–water partition coefficient (Wildman–Crippen LogP) is 2.83. The van der Waals surface area contributed by atoms with Crippen LogP contribution < -0.4 is 5.32 Å². The molecule has 8 nitrogen and oxygen atoms in total. The van der Waals surface area contributed by atoms with E-state index in [1.165, 1.54) is 11.0 Å². The topological polar surface area (TPSA) is 94.2 Å². The van der Waals surface area contributed by atoms with Crippen molar-refractivity contribution in [3.63, 3.8) is 0 Å². The Labute approximate surface area is 192 Å². The molecule has 0 spiro atoms. The molecule has 4 rings (SSSR count). The molecule has 1 atom stereocenters. The molecule has 33 heavy (non-hydrogen) atoms. The van der Waals surface area contributed by atoms with Crippen LogP contribution in [-0.4, -0.2) is 62.0 Å². The number of esters is 1. The Kier molecular flexibility index (Phi) is 7.04. The van der Waals surface area contributed by atoms with Gasteiger partial charge < -0.3 is 24.4 Å². The number of benzene rings is 2. The van der Waals surface area contributed by atoms with Gasteiger partial charge in [-0.05, 0) is 22.3 Å². The third-order valence-corrected chi connectivity index (χ3v) is 5.73. The maximum Gasteiger partial charge on any atom is 0.407 e. The molecule has 2 aromatic carbocycles. The van der Waals surface area contributed by atoms with Gasteiger partial charge in [0.1, 0.15) is 26.0 Å². The fourth-order valence-electron chi connectivity index (χ4n) is 4.17. The summed E-state index contributed by atoms with van der Waals surface area (Å²) in [5.74, 6) is -1.15. The number of carbonyl (C=O) groups is 3. The third-order valence-electron chi connectivity index (χ3n) is 5.73. The lowest BCUT2D eigenvalue weighted by molar-refractivity contribution is -0.146. The monoisotopic (exact) mass is 450 g/mol. The van der Waals surface area contributed by atoms with Crippen LogP contribution in [0.2, 0.25) is 0 Å². The molecule has 2 aliphatic rings. The molecule has 0 radical (unpaired) electrons. The van der Waals surface area contributed by atoms with E-state index in [2.05, 4.69) is 24.0 Å². The van der Waals surface area contributed by atoms with E-state index in [-0.39, 0.29) is 32.3 Å². The minimum Gasteiger partial charge on any atom is -0.461 e. The van der Waals surface area contributed by atoms with Gasteiger partial charge in [0.25, 0.3) is 0 Å². The molecular formula is C25H26N2O6. The zero-order valence-electron chi connectivity index (χ0n) is 18.2. The van der Waals surface area contributed by atoms with Gasteiger partial charge in [-0.2, -0.15) is 0 Å². The number of hydrogen-bond donors (Lipinski definition) is 1. The van der Waals surface area contributed by atoms with Gasteiger partial charge in [0.15, 0.2) is 0 Å². The van der Waals surface area contributed by atoms with Gasteiger partial charge in [-0.1, -0.05) is 61.2 Å². The molecule has 1 N–H and O–H groups in total. The van der Waals surface area contributed by atoms with Crippen LogP contribution in [0.15, 0.2) is 61.2 Å². The summed E-state index contributed by atoms with van der Waals surface area (Å²) in [5.41, 5.74) is 4.41. The van der Waals surface area contributed by atoms with E-state index >= 15 is 0 Å². The van der Waals surface area contributed by atoms with E-state index in [4.69, 9.17) is 14.2 Å². The summed E-state index contributed by atoms with van der Waals surface area (Å²) in [6, 6.07) is 14.9. The highest BCUT2D eigenvalue weighted by molar-refractivity contribution is 5.89. The minimum absolute atomic E-state index is 0.0253. The molecule has 2 amide bonds. The Morgan fingerprint density at radius 3 is 2.36 bits per heavy atom. The van der Waals surface area contributed by atoms with Gasteiger partial charge in [-0.25, -0.2) is 4.79 Å². The molecule has 1 heterocycles. The van der Waals surface area contributed by atoms with Crippen LogP contribution in [0.1, 0.15) is 23.5 Å². The highest BCUT2D eigenvalue weighted by Crippen LogP contribution is 2.44. The lowest BCUT2D eigenvalue weighted by Gasteiger charge is -2.23. The van der Waals surface area contributed by atoms with Crippen molar-refractivity contribution in [2.45, 2.75) is 18.4 Å². The van der Waals surface area contributed by atoms with Crippen molar-refractivity contribution in [2.24, 2.45) is 0 Å². The summed E-state index contributed by atoms with van der Waals surface area (Å²) >= 11 is 0. The van der Waals surface area contributed by atoms with Crippen LogP contribution in [0.3, 0.4) is 0 Å². The quantitative estimate of drug-likeness (QED) is 0.491. The SMILES string of the molecule is C=CCOC(=O)C[C@H](NC(=O)OCC1c2ccccc2-c2ccccc21)C(=O)N1CCOC1. The van der Waals surface area contributed by atoms with Crippen molar-refractivity contribution in [3.05, 3.63) is 72.3 Å². The summed E-state index contributed by atoms with van der Waals surface area (Å²) < 4.78 is 15.7. The summed E-state index contributed by atoms with van der Waals surface area (Å²) in [5, 5.41) is 2.54. The van der Waals surface area contributed by atoms with Gasteiger partial charge in [-0.15, -0.1) is 0 Å². The van der Waals surface area contributed by atoms with Crippen LogP contribution >= 0.6 is 0 Å². The van der Waals surface area contributed by atoms with E-state index in [1.807, 2.05) is 36.4 Å². The Hall–Kier alpha value is -3.65. The molecular weight excluding hydrogens is 424 g/mol.